The van der Waals surface area contributed by atoms with E-state index in [2.05, 4.69) is 29.6 Å². The second kappa shape index (κ2) is 8.97. The fourth-order valence-corrected chi connectivity index (χ4v) is 6.26. The first-order valence-electron chi connectivity index (χ1n) is 10.4. The number of para-hydroxylation sites is 1. The van der Waals surface area contributed by atoms with Gasteiger partial charge in [0.15, 0.2) is 0 Å². The summed E-state index contributed by atoms with van der Waals surface area (Å²) in [4.78, 5) is 0. The molecule has 0 spiro atoms. The van der Waals surface area contributed by atoms with Crippen LogP contribution in [0.1, 0.15) is 37.7 Å². The number of hydrogen-bond acceptors (Lipinski definition) is 3. The van der Waals surface area contributed by atoms with E-state index >= 15 is 0 Å². The molecule has 1 aliphatic carbocycles. The monoisotopic (exact) mass is 408 g/mol. The lowest BCUT2D eigenvalue weighted by atomic mass is 9.97. The van der Waals surface area contributed by atoms with E-state index in [1.807, 2.05) is 48.5 Å². The molecule has 152 valence electrons. The number of nitrogens with zero attached hydrogens (tertiary/aromatic N) is 1. The highest BCUT2D eigenvalue weighted by Crippen LogP contribution is 2.40. The smallest absolute Gasteiger partial charge is 0.242 e. The largest absolute Gasteiger partial charge is 0.313 e. The van der Waals surface area contributed by atoms with E-state index in [-0.39, 0.29) is 5.25 Å². The summed E-state index contributed by atoms with van der Waals surface area (Å²) >= 11 is 0. The van der Waals surface area contributed by atoms with Crippen molar-refractivity contribution in [1.82, 2.24) is 5.32 Å². The summed E-state index contributed by atoms with van der Waals surface area (Å²) < 4.78 is 28.6. The third-order valence-electron chi connectivity index (χ3n) is 5.65. The average Bonchev–Trinajstić information content (AvgIpc) is 2.75. The molecule has 0 saturated heterocycles. The molecular weight excluding hydrogens is 380 g/mol. The summed E-state index contributed by atoms with van der Waals surface area (Å²) in [6, 6.07) is 19.8. The number of sulfonamides is 1. The first-order valence-corrected chi connectivity index (χ1v) is 11.9. The van der Waals surface area contributed by atoms with Crippen LogP contribution in [0.4, 0.5) is 5.69 Å². The second-order valence-electron chi connectivity index (χ2n) is 7.69. The van der Waals surface area contributed by atoms with Gasteiger partial charge < -0.3 is 5.32 Å². The zero-order valence-electron chi connectivity index (χ0n) is 16.6. The van der Waals surface area contributed by atoms with Gasteiger partial charge in [0, 0.05) is 12.2 Å². The molecule has 1 aliphatic heterocycles. The lowest BCUT2D eigenvalue weighted by molar-refractivity contribution is 0.543. The van der Waals surface area contributed by atoms with E-state index < -0.39 is 10.0 Å². The molecule has 1 atom stereocenters. The minimum atomic E-state index is -3.41. The zero-order valence-corrected chi connectivity index (χ0v) is 17.4. The Labute approximate surface area is 174 Å². The molecule has 0 amide bonds. The van der Waals surface area contributed by atoms with E-state index in [1.54, 1.807) is 4.31 Å². The Balaban J connectivity index is 1.45. The first kappa shape index (κ1) is 19.9. The molecular formula is C24H28N2O2S. The van der Waals surface area contributed by atoms with Gasteiger partial charge in [-0.15, -0.1) is 0 Å². The van der Waals surface area contributed by atoms with Gasteiger partial charge in [-0.25, -0.2) is 12.7 Å². The van der Waals surface area contributed by atoms with Crippen LogP contribution in [0.3, 0.4) is 0 Å². The number of anilines is 1. The normalized spacial score (nSPS) is 20.6. The summed E-state index contributed by atoms with van der Waals surface area (Å²) in [5, 5.41) is 3.06. The first-order chi connectivity index (χ1) is 14.2. The van der Waals surface area contributed by atoms with E-state index in [1.165, 1.54) is 11.1 Å². The van der Waals surface area contributed by atoms with Crippen molar-refractivity contribution in [2.75, 3.05) is 10.8 Å². The van der Waals surface area contributed by atoms with Crippen LogP contribution in [0.2, 0.25) is 0 Å². The Morgan fingerprint density at radius 2 is 1.72 bits per heavy atom. The molecule has 4 rings (SSSR count). The fraction of sp³-hybridized carbons (Fsp3) is 0.333. The van der Waals surface area contributed by atoms with E-state index in [9.17, 15) is 8.42 Å². The van der Waals surface area contributed by atoms with Gasteiger partial charge in [-0.2, -0.15) is 0 Å². The lowest BCUT2D eigenvalue weighted by Crippen LogP contribution is -2.43. The van der Waals surface area contributed by atoms with Gasteiger partial charge in [-0.3, -0.25) is 0 Å². The maximum Gasteiger partial charge on any atom is 0.242 e. The van der Waals surface area contributed by atoms with Crippen LogP contribution in [-0.2, 0) is 16.6 Å². The molecule has 0 radical (unpaired) electrons. The van der Waals surface area contributed by atoms with Gasteiger partial charge in [0.1, 0.15) is 0 Å². The minimum Gasteiger partial charge on any atom is -0.313 e. The highest BCUT2D eigenvalue weighted by Gasteiger charge is 2.40. The van der Waals surface area contributed by atoms with Crippen LogP contribution in [0, 0.1) is 0 Å². The summed E-state index contributed by atoms with van der Waals surface area (Å²) in [6.07, 6.45) is 8.10. The summed E-state index contributed by atoms with van der Waals surface area (Å²) in [6.45, 7) is 1.63. The Kier molecular flexibility index (Phi) is 6.16. The van der Waals surface area contributed by atoms with Gasteiger partial charge in [0.05, 0.1) is 10.9 Å². The quantitative estimate of drug-likeness (QED) is 0.672. The summed E-state index contributed by atoms with van der Waals surface area (Å²) in [5.74, 6) is 0. The third-order valence-corrected chi connectivity index (χ3v) is 7.83. The lowest BCUT2D eigenvalue weighted by Gasteiger charge is -2.38. The van der Waals surface area contributed by atoms with Crippen molar-refractivity contribution in [3.63, 3.8) is 0 Å². The van der Waals surface area contributed by atoms with Crippen molar-refractivity contribution in [3.8, 4) is 0 Å². The Morgan fingerprint density at radius 3 is 2.48 bits per heavy atom. The van der Waals surface area contributed by atoms with Crippen molar-refractivity contribution >= 4 is 15.7 Å². The molecule has 0 aromatic heterocycles. The maximum absolute atomic E-state index is 13.5. The molecule has 4 nitrogen and oxygen atoms in total. The molecule has 29 heavy (non-hydrogen) atoms. The van der Waals surface area contributed by atoms with Gasteiger partial charge in [-0.05, 0) is 61.9 Å². The van der Waals surface area contributed by atoms with E-state index in [0.29, 0.717) is 12.8 Å². The molecule has 0 fully saturated rings. The number of allylic oxidation sites excluding steroid dienone is 4. The number of rotatable bonds is 7. The molecule has 2 aromatic carbocycles. The molecule has 0 bridgehead atoms. The minimum absolute atomic E-state index is 0.372. The van der Waals surface area contributed by atoms with E-state index in [0.717, 1.165) is 43.7 Å². The van der Waals surface area contributed by atoms with Crippen LogP contribution >= 0.6 is 0 Å². The van der Waals surface area contributed by atoms with Crippen LogP contribution in [0.15, 0.2) is 84.1 Å². The SMILES string of the molecule is O=S1(=O)C(CCCNCc2ccccc2)CC2=C(CCC=C2)N1c1ccccc1. The predicted octanol–water partition coefficient (Wildman–Crippen LogP) is 4.77. The fourth-order valence-electron chi connectivity index (χ4n) is 4.17. The summed E-state index contributed by atoms with van der Waals surface area (Å²) in [7, 11) is -3.41. The molecule has 1 unspecified atom stereocenters. The number of benzene rings is 2. The Hall–Kier alpha value is -2.37. The number of nitrogens with one attached hydrogen (secondary N) is 1. The van der Waals surface area contributed by atoms with Crippen molar-refractivity contribution in [3.05, 3.63) is 89.6 Å². The average molecular weight is 409 g/mol. The number of hydrogen-bond donors (Lipinski definition) is 1. The molecule has 2 aliphatic rings. The molecule has 0 saturated carbocycles. The Morgan fingerprint density at radius 1 is 1.00 bits per heavy atom. The van der Waals surface area contributed by atoms with Crippen LogP contribution in [0.5, 0.6) is 0 Å². The standard InChI is InChI=1S/C24H28N2O2S/c27-29(28)23(15-9-17-25-19-20-10-3-1-4-11-20)18-21-12-7-8-16-24(21)26(29)22-13-5-2-6-14-22/h1-7,10-14,23,25H,8-9,15-19H2. The van der Waals surface area contributed by atoms with Gasteiger partial charge in [0.25, 0.3) is 0 Å². The molecule has 5 heteroatoms. The van der Waals surface area contributed by atoms with Crippen LogP contribution in [-0.4, -0.2) is 20.2 Å². The van der Waals surface area contributed by atoms with Crippen molar-refractivity contribution < 1.29 is 8.42 Å². The summed E-state index contributed by atoms with van der Waals surface area (Å²) in [5.41, 5.74) is 4.13. The Bertz CT molecular complexity index is 982. The van der Waals surface area contributed by atoms with Crippen molar-refractivity contribution in [2.45, 2.75) is 43.9 Å². The predicted molar refractivity (Wildman–Crippen MR) is 119 cm³/mol. The maximum atomic E-state index is 13.5. The van der Waals surface area contributed by atoms with E-state index in [4.69, 9.17) is 0 Å². The molecule has 1 heterocycles. The van der Waals surface area contributed by atoms with Gasteiger partial charge in [-0.1, -0.05) is 60.7 Å². The highest BCUT2D eigenvalue weighted by molar-refractivity contribution is 7.93. The van der Waals surface area contributed by atoms with Crippen LogP contribution in [0.25, 0.3) is 0 Å². The van der Waals surface area contributed by atoms with Crippen molar-refractivity contribution in [1.29, 1.82) is 0 Å². The van der Waals surface area contributed by atoms with Crippen LogP contribution < -0.4 is 9.62 Å². The van der Waals surface area contributed by atoms with Gasteiger partial charge >= 0.3 is 0 Å². The highest BCUT2D eigenvalue weighted by atomic mass is 32.2. The van der Waals surface area contributed by atoms with Crippen molar-refractivity contribution in [2.24, 2.45) is 0 Å². The molecule has 1 N–H and O–H groups in total. The second-order valence-corrected chi connectivity index (χ2v) is 9.75. The van der Waals surface area contributed by atoms with Gasteiger partial charge in [0.2, 0.25) is 10.0 Å². The zero-order chi connectivity index (χ0) is 20.1. The third kappa shape index (κ3) is 4.46. The topological polar surface area (TPSA) is 49.4 Å². The molecule has 2 aromatic rings.